The second-order valence-electron chi connectivity index (χ2n) is 6.54. The number of nitrogens with one attached hydrogen (secondary N) is 1. The van der Waals surface area contributed by atoms with Gasteiger partial charge in [-0.05, 0) is 49.7 Å². The summed E-state index contributed by atoms with van der Waals surface area (Å²) in [6.45, 7) is 3.80. The van der Waals surface area contributed by atoms with Gasteiger partial charge in [-0.3, -0.25) is 9.59 Å². The van der Waals surface area contributed by atoms with Gasteiger partial charge in [-0.15, -0.1) is 0 Å². The number of amides is 2. The van der Waals surface area contributed by atoms with Crippen LogP contribution in [0.1, 0.15) is 33.4 Å². The first kappa shape index (κ1) is 19.2. The van der Waals surface area contributed by atoms with E-state index in [9.17, 15) is 9.59 Å². The van der Waals surface area contributed by atoms with Crippen LogP contribution in [0.2, 0.25) is 0 Å². The minimum atomic E-state index is -0.891. The fraction of sp³-hybridized carbons (Fsp3) is 0.182. The van der Waals surface area contributed by atoms with Gasteiger partial charge < -0.3 is 20.4 Å². The van der Waals surface area contributed by atoms with Crippen LogP contribution in [0, 0.1) is 13.8 Å². The van der Waals surface area contributed by atoms with Crippen LogP contribution in [0.25, 0.3) is 5.69 Å². The molecule has 1 atom stereocenters. The average Bonchev–Trinajstić information content (AvgIpc) is 3.00. The summed E-state index contributed by atoms with van der Waals surface area (Å²) in [5.41, 5.74) is 9.26. The third-order valence-electron chi connectivity index (χ3n) is 4.70. The van der Waals surface area contributed by atoms with Crippen molar-refractivity contribution in [3.63, 3.8) is 0 Å². The van der Waals surface area contributed by atoms with Crippen molar-refractivity contribution in [2.24, 2.45) is 5.73 Å². The van der Waals surface area contributed by atoms with Crippen molar-refractivity contribution in [3.8, 4) is 11.4 Å². The molecule has 0 spiro atoms. The Morgan fingerprint density at radius 3 is 2.25 bits per heavy atom. The van der Waals surface area contributed by atoms with Crippen molar-refractivity contribution in [3.05, 3.63) is 83.2 Å². The van der Waals surface area contributed by atoms with E-state index < -0.39 is 11.9 Å². The number of aromatic nitrogens is 1. The summed E-state index contributed by atoms with van der Waals surface area (Å²) in [5.74, 6) is -0.194. The highest BCUT2D eigenvalue weighted by Gasteiger charge is 2.23. The van der Waals surface area contributed by atoms with Crippen LogP contribution < -0.4 is 15.8 Å². The number of ether oxygens (including phenoxy) is 1. The molecule has 2 amide bonds. The molecular formula is C22H23N3O3. The molecule has 3 N–H and O–H groups in total. The van der Waals surface area contributed by atoms with Crippen molar-refractivity contribution < 1.29 is 14.3 Å². The van der Waals surface area contributed by atoms with Gasteiger partial charge in [0.15, 0.2) is 0 Å². The quantitative estimate of drug-likeness (QED) is 0.692. The fourth-order valence-electron chi connectivity index (χ4n) is 3.29. The zero-order chi connectivity index (χ0) is 20.3. The molecule has 0 aliphatic carbocycles. The Bertz CT molecular complexity index is 992. The van der Waals surface area contributed by atoms with Crippen LogP contribution in [0.5, 0.6) is 5.75 Å². The molecule has 3 aromatic rings. The van der Waals surface area contributed by atoms with Gasteiger partial charge in [0.25, 0.3) is 5.91 Å². The maximum absolute atomic E-state index is 12.9. The van der Waals surface area contributed by atoms with Crippen LogP contribution >= 0.6 is 0 Å². The molecule has 6 heteroatoms. The first-order chi connectivity index (χ1) is 13.4. The fourth-order valence-corrected chi connectivity index (χ4v) is 3.29. The highest BCUT2D eigenvalue weighted by molar-refractivity contribution is 5.99. The van der Waals surface area contributed by atoms with Crippen LogP contribution in [0.15, 0.2) is 60.7 Å². The van der Waals surface area contributed by atoms with E-state index in [1.54, 1.807) is 37.4 Å². The number of nitrogens with two attached hydrogens (primary N) is 1. The molecular weight excluding hydrogens is 354 g/mol. The second-order valence-corrected chi connectivity index (χ2v) is 6.54. The summed E-state index contributed by atoms with van der Waals surface area (Å²) in [6, 6.07) is 17.5. The highest BCUT2D eigenvalue weighted by atomic mass is 16.5. The minimum Gasteiger partial charge on any atom is -0.497 e. The molecule has 1 heterocycles. The van der Waals surface area contributed by atoms with E-state index in [-0.39, 0.29) is 5.91 Å². The number of methoxy groups -OCH3 is 1. The smallest absolute Gasteiger partial charge is 0.254 e. The third kappa shape index (κ3) is 3.76. The third-order valence-corrected chi connectivity index (χ3v) is 4.70. The summed E-state index contributed by atoms with van der Waals surface area (Å²) in [5, 5.41) is 2.75. The standard InChI is InChI=1S/C22H23N3O3/c1-14-13-19(15(2)25(14)17-9-11-18(28-3)12-10-17)22(27)24-20(21(23)26)16-7-5-4-6-8-16/h4-13,20H,1-3H3,(H2,23,26)(H,24,27). The Balaban J connectivity index is 1.91. The van der Waals surface area contributed by atoms with Crippen LogP contribution in [0.4, 0.5) is 0 Å². The molecule has 0 radical (unpaired) electrons. The molecule has 3 rings (SSSR count). The molecule has 0 fully saturated rings. The van der Waals surface area contributed by atoms with Gasteiger partial charge in [0.2, 0.25) is 5.91 Å². The number of carbonyl (C=O) groups excluding carboxylic acids is 2. The van der Waals surface area contributed by atoms with Gasteiger partial charge in [-0.1, -0.05) is 30.3 Å². The van der Waals surface area contributed by atoms with Gasteiger partial charge in [0.1, 0.15) is 11.8 Å². The van der Waals surface area contributed by atoms with E-state index >= 15 is 0 Å². The number of hydrogen-bond acceptors (Lipinski definition) is 3. The van der Waals surface area contributed by atoms with Crippen molar-refractivity contribution in [2.45, 2.75) is 19.9 Å². The van der Waals surface area contributed by atoms with E-state index in [2.05, 4.69) is 5.32 Å². The largest absolute Gasteiger partial charge is 0.497 e. The van der Waals surface area contributed by atoms with Gasteiger partial charge in [-0.25, -0.2) is 0 Å². The van der Waals surface area contributed by atoms with Gasteiger partial charge >= 0.3 is 0 Å². The highest BCUT2D eigenvalue weighted by Crippen LogP contribution is 2.23. The predicted molar refractivity (Wildman–Crippen MR) is 108 cm³/mol. The monoisotopic (exact) mass is 377 g/mol. The van der Waals surface area contributed by atoms with Crippen LogP contribution in [-0.2, 0) is 4.79 Å². The Kier molecular flexibility index (Phi) is 5.49. The number of nitrogens with zero attached hydrogens (tertiary/aromatic N) is 1. The lowest BCUT2D eigenvalue weighted by atomic mass is 10.1. The summed E-state index contributed by atoms with van der Waals surface area (Å²) in [6.07, 6.45) is 0. The lowest BCUT2D eigenvalue weighted by molar-refractivity contribution is -0.120. The van der Waals surface area contributed by atoms with Crippen LogP contribution in [-0.4, -0.2) is 23.5 Å². The van der Waals surface area contributed by atoms with E-state index in [0.717, 1.165) is 22.8 Å². The summed E-state index contributed by atoms with van der Waals surface area (Å²) >= 11 is 0. The zero-order valence-corrected chi connectivity index (χ0v) is 16.1. The molecule has 0 aliphatic rings. The molecule has 144 valence electrons. The molecule has 0 aliphatic heterocycles. The summed E-state index contributed by atoms with van der Waals surface area (Å²) in [4.78, 5) is 24.8. The summed E-state index contributed by atoms with van der Waals surface area (Å²) < 4.78 is 7.18. The first-order valence-electron chi connectivity index (χ1n) is 8.91. The lowest BCUT2D eigenvalue weighted by Gasteiger charge is -2.16. The summed E-state index contributed by atoms with van der Waals surface area (Å²) in [7, 11) is 1.62. The first-order valence-corrected chi connectivity index (χ1v) is 8.91. The number of benzene rings is 2. The number of carbonyl (C=O) groups is 2. The van der Waals surface area contributed by atoms with E-state index in [1.165, 1.54) is 0 Å². The molecule has 1 unspecified atom stereocenters. The molecule has 0 saturated heterocycles. The van der Waals surface area contributed by atoms with Gasteiger partial charge in [0, 0.05) is 17.1 Å². The maximum atomic E-state index is 12.9. The van der Waals surface area contributed by atoms with Crippen molar-refractivity contribution in [2.75, 3.05) is 7.11 Å². The van der Waals surface area contributed by atoms with Crippen LogP contribution in [0.3, 0.4) is 0 Å². The van der Waals surface area contributed by atoms with Gasteiger partial charge in [-0.2, -0.15) is 0 Å². The SMILES string of the molecule is COc1ccc(-n2c(C)cc(C(=O)NC(C(N)=O)c3ccccc3)c2C)cc1. The zero-order valence-electron chi connectivity index (χ0n) is 16.1. The predicted octanol–water partition coefficient (Wildman–Crippen LogP) is 3.06. The Morgan fingerprint density at radius 1 is 1.04 bits per heavy atom. The Morgan fingerprint density at radius 2 is 1.68 bits per heavy atom. The number of hydrogen-bond donors (Lipinski definition) is 2. The minimum absolute atomic E-state index is 0.347. The molecule has 2 aromatic carbocycles. The number of aryl methyl sites for hydroxylation is 1. The lowest BCUT2D eigenvalue weighted by Crippen LogP contribution is -2.37. The Hall–Kier alpha value is -3.54. The molecule has 1 aromatic heterocycles. The second kappa shape index (κ2) is 8.00. The molecule has 0 bridgehead atoms. The topological polar surface area (TPSA) is 86.3 Å². The van der Waals surface area contributed by atoms with Crippen molar-refractivity contribution in [1.82, 2.24) is 9.88 Å². The van der Waals surface area contributed by atoms with Crippen molar-refractivity contribution in [1.29, 1.82) is 0 Å². The Labute approximate surface area is 163 Å². The average molecular weight is 377 g/mol. The maximum Gasteiger partial charge on any atom is 0.254 e. The molecule has 6 nitrogen and oxygen atoms in total. The number of rotatable bonds is 6. The van der Waals surface area contributed by atoms with Gasteiger partial charge in [0.05, 0.1) is 12.7 Å². The molecule has 0 saturated carbocycles. The molecule has 28 heavy (non-hydrogen) atoms. The number of primary amides is 1. The van der Waals surface area contributed by atoms with E-state index in [1.807, 2.05) is 48.7 Å². The van der Waals surface area contributed by atoms with Crippen molar-refractivity contribution >= 4 is 11.8 Å². The normalized spacial score (nSPS) is 11.7. The van der Waals surface area contributed by atoms with E-state index in [4.69, 9.17) is 10.5 Å². The van der Waals surface area contributed by atoms with E-state index in [0.29, 0.717) is 11.1 Å².